The first kappa shape index (κ1) is 10.3. The maximum absolute atomic E-state index is 10.8. The van der Waals surface area contributed by atoms with Gasteiger partial charge in [-0.05, 0) is 32.1 Å². The van der Waals surface area contributed by atoms with Gasteiger partial charge >= 0.3 is 0 Å². The van der Waals surface area contributed by atoms with Gasteiger partial charge in [-0.2, -0.15) is 0 Å². The van der Waals surface area contributed by atoms with Crippen molar-refractivity contribution in [2.24, 2.45) is 5.92 Å². The Hall–Kier alpha value is -1.19. The third-order valence-electron chi connectivity index (χ3n) is 3.49. The second-order valence-corrected chi connectivity index (χ2v) is 4.27. The highest BCUT2D eigenvalue weighted by Crippen LogP contribution is 2.36. The molecule has 0 radical (unpaired) electrons. The summed E-state index contributed by atoms with van der Waals surface area (Å²) in [6.07, 6.45) is 5.50. The van der Waals surface area contributed by atoms with Crippen LogP contribution in [0.25, 0.3) is 0 Å². The van der Waals surface area contributed by atoms with E-state index in [1.807, 2.05) is 11.6 Å². The predicted octanol–water partition coefficient (Wildman–Crippen LogP) is 2.01. The first-order chi connectivity index (χ1) is 7.27. The minimum atomic E-state index is 0.384. The number of carbonyl (C=O) groups excluding carboxylic acids is 1. The summed E-state index contributed by atoms with van der Waals surface area (Å²) in [6.45, 7) is 4.21. The summed E-state index contributed by atoms with van der Waals surface area (Å²) in [5.41, 5.74) is 1.48. The van der Waals surface area contributed by atoms with Gasteiger partial charge in [-0.25, -0.2) is 4.68 Å². The lowest BCUT2D eigenvalue weighted by atomic mass is 9.80. The van der Waals surface area contributed by atoms with Crippen LogP contribution in [0.3, 0.4) is 0 Å². The highest BCUT2D eigenvalue weighted by molar-refractivity contribution is 5.73. The largest absolute Gasteiger partial charge is 0.296 e. The molecule has 1 aromatic heterocycles. The molecule has 82 valence electrons. The summed E-state index contributed by atoms with van der Waals surface area (Å²) >= 11 is 0. The average molecular weight is 207 g/mol. The molecule has 1 saturated carbocycles. The van der Waals surface area contributed by atoms with Gasteiger partial charge in [0, 0.05) is 0 Å². The van der Waals surface area contributed by atoms with Gasteiger partial charge in [-0.1, -0.05) is 18.6 Å². The molecular weight excluding hydrogens is 190 g/mol. The highest BCUT2D eigenvalue weighted by atomic mass is 16.1. The van der Waals surface area contributed by atoms with Crippen molar-refractivity contribution in [3.63, 3.8) is 0 Å². The Morgan fingerprint density at radius 2 is 2.33 bits per heavy atom. The molecule has 1 aliphatic carbocycles. The zero-order chi connectivity index (χ0) is 10.8. The number of hydrogen-bond donors (Lipinski definition) is 0. The molecule has 1 fully saturated rings. The van der Waals surface area contributed by atoms with Gasteiger partial charge in [0.25, 0.3) is 0 Å². The van der Waals surface area contributed by atoms with Gasteiger partial charge in [0.15, 0.2) is 6.29 Å². The molecular formula is C11H17N3O. The smallest absolute Gasteiger partial charge is 0.172 e. The van der Waals surface area contributed by atoms with Gasteiger partial charge < -0.3 is 0 Å². The number of aldehydes is 1. The van der Waals surface area contributed by atoms with Crippen molar-refractivity contribution >= 4 is 6.29 Å². The van der Waals surface area contributed by atoms with Crippen molar-refractivity contribution in [3.8, 4) is 0 Å². The van der Waals surface area contributed by atoms with E-state index in [0.717, 1.165) is 24.3 Å². The molecule has 0 amide bonds. The Balaban J connectivity index is 2.25. The van der Waals surface area contributed by atoms with Crippen LogP contribution in [0.2, 0.25) is 0 Å². The zero-order valence-electron chi connectivity index (χ0n) is 9.31. The third kappa shape index (κ3) is 1.68. The molecule has 0 spiro atoms. The molecule has 4 heteroatoms. The van der Waals surface area contributed by atoms with Gasteiger partial charge in [0.2, 0.25) is 0 Å². The summed E-state index contributed by atoms with van der Waals surface area (Å²) in [6, 6.07) is 0.384. The van der Waals surface area contributed by atoms with Crippen molar-refractivity contribution in [1.29, 1.82) is 0 Å². The predicted molar refractivity (Wildman–Crippen MR) is 56.8 cm³/mol. The lowest BCUT2D eigenvalue weighted by Gasteiger charge is -2.31. The third-order valence-corrected chi connectivity index (χ3v) is 3.49. The van der Waals surface area contributed by atoms with Crippen LogP contribution in [-0.4, -0.2) is 21.3 Å². The van der Waals surface area contributed by atoms with E-state index < -0.39 is 0 Å². The highest BCUT2D eigenvalue weighted by Gasteiger charge is 2.27. The van der Waals surface area contributed by atoms with Crippen molar-refractivity contribution in [1.82, 2.24) is 15.0 Å². The fourth-order valence-corrected chi connectivity index (χ4v) is 2.21. The minimum absolute atomic E-state index is 0.384. The number of carbonyl (C=O) groups is 1. The van der Waals surface area contributed by atoms with Crippen LogP contribution in [0.15, 0.2) is 0 Å². The Labute approximate surface area is 89.7 Å². The molecule has 1 aliphatic rings. The molecule has 0 aromatic carbocycles. The molecule has 15 heavy (non-hydrogen) atoms. The summed E-state index contributed by atoms with van der Waals surface area (Å²) < 4.78 is 1.94. The van der Waals surface area contributed by atoms with E-state index in [1.54, 1.807) is 0 Å². The van der Waals surface area contributed by atoms with Crippen molar-refractivity contribution < 1.29 is 4.79 Å². The second-order valence-electron chi connectivity index (χ2n) is 4.27. The number of rotatable bonds is 4. The van der Waals surface area contributed by atoms with Crippen LogP contribution < -0.4 is 0 Å². The normalized spacial score (nSPS) is 18.5. The molecule has 0 bridgehead atoms. The molecule has 4 nitrogen and oxygen atoms in total. The molecule has 0 aliphatic heterocycles. The van der Waals surface area contributed by atoms with Crippen LogP contribution in [-0.2, 0) is 6.42 Å². The van der Waals surface area contributed by atoms with E-state index in [1.165, 1.54) is 19.3 Å². The maximum atomic E-state index is 10.8. The molecule has 1 heterocycles. The van der Waals surface area contributed by atoms with Crippen molar-refractivity contribution in [2.75, 3.05) is 0 Å². The van der Waals surface area contributed by atoms with E-state index >= 15 is 0 Å². The zero-order valence-corrected chi connectivity index (χ0v) is 9.31. The first-order valence-electron chi connectivity index (χ1n) is 5.67. The molecule has 0 N–H and O–H groups in total. The standard InChI is InChI=1S/C11H17N3O/c1-3-11-10(7-15)12-13-14(11)8(2)9-5-4-6-9/h7-9H,3-6H2,1-2H3. The van der Waals surface area contributed by atoms with E-state index in [4.69, 9.17) is 0 Å². The van der Waals surface area contributed by atoms with Crippen LogP contribution >= 0.6 is 0 Å². The van der Waals surface area contributed by atoms with Crippen molar-refractivity contribution in [3.05, 3.63) is 11.4 Å². The van der Waals surface area contributed by atoms with Crippen molar-refractivity contribution in [2.45, 2.75) is 45.6 Å². The van der Waals surface area contributed by atoms with Crippen LogP contribution in [0.1, 0.15) is 55.3 Å². The van der Waals surface area contributed by atoms with E-state index in [0.29, 0.717) is 11.7 Å². The van der Waals surface area contributed by atoms with Crippen LogP contribution in [0.4, 0.5) is 0 Å². The van der Waals surface area contributed by atoms with E-state index in [9.17, 15) is 4.79 Å². The molecule has 1 atom stereocenters. The summed E-state index contributed by atoms with van der Waals surface area (Å²) in [7, 11) is 0. The molecule has 0 saturated heterocycles. The molecule has 2 rings (SSSR count). The topological polar surface area (TPSA) is 47.8 Å². The monoisotopic (exact) mass is 207 g/mol. The Bertz CT molecular complexity index is 355. The minimum Gasteiger partial charge on any atom is -0.296 e. The van der Waals surface area contributed by atoms with Gasteiger partial charge in [-0.3, -0.25) is 4.79 Å². The maximum Gasteiger partial charge on any atom is 0.172 e. The SMILES string of the molecule is CCc1c(C=O)nnn1C(C)C1CCC1. The molecule has 1 unspecified atom stereocenters. The summed E-state index contributed by atoms with van der Waals surface area (Å²) in [4.78, 5) is 10.8. The van der Waals surface area contributed by atoms with Crippen LogP contribution in [0, 0.1) is 5.92 Å². The number of aromatic nitrogens is 3. The van der Waals surface area contributed by atoms with E-state index in [-0.39, 0.29) is 0 Å². The fraction of sp³-hybridized carbons (Fsp3) is 0.727. The first-order valence-corrected chi connectivity index (χ1v) is 5.67. The Morgan fingerprint density at radius 3 is 2.80 bits per heavy atom. The lowest BCUT2D eigenvalue weighted by molar-refractivity contribution is 0.111. The van der Waals surface area contributed by atoms with Crippen LogP contribution in [0.5, 0.6) is 0 Å². The summed E-state index contributed by atoms with van der Waals surface area (Å²) in [5, 5.41) is 8.01. The Kier molecular flexibility index (Phi) is 2.84. The summed E-state index contributed by atoms with van der Waals surface area (Å²) in [5.74, 6) is 0.719. The quantitative estimate of drug-likeness (QED) is 0.709. The lowest BCUT2D eigenvalue weighted by Crippen LogP contribution is -2.25. The van der Waals surface area contributed by atoms with Gasteiger partial charge in [0.1, 0.15) is 5.69 Å². The number of nitrogens with zero attached hydrogens (tertiary/aromatic N) is 3. The second kappa shape index (κ2) is 4.13. The van der Waals surface area contributed by atoms with Gasteiger partial charge in [-0.15, -0.1) is 5.10 Å². The van der Waals surface area contributed by atoms with Gasteiger partial charge in [0.05, 0.1) is 11.7 Å². The fourth-order valence-electron chi connectivity index (χ4n) is 2.21. The average Bonchev–Trinajstić information content (AvgIpc) is 2.57. The number of hydrogen-bond acceptors (Lipinski definition) is 3. The van der Waals surface area contributed by atoms with E-state index in [2.05, 4.69) is 17.2 Å². The molecule has 1 aromatic rings. The Morgan fingerprint density at radius 1 is 1.60 bits per heavy atom.